The summed E-state index contributed by atoms with van der Waals surface area (Å²) in [6.45, 7) is 0.849. The molecule has 0 saturated carbocycles. The molecule has 0 atom stereocenters. The quantitative estimate of drug-likeness (QED) is 0.761. The van der Waals surface area contributed by atoms with Crippen molar-refractivity contribution < 1.29 is 19.0 Å². The number of amides is 1. The third-order valence-corrected chi connectivity index (χ3v) is 2.76. The van der Waals surface area contributed by atoms with Gasteiger partial charge in [0, 0.05) is 18.9 Å². The van der Waals surface area contributed by atoms with Crippen LogP contribution in [0.4, 0.5) is 5.69 Å². The molecule has 0 aliphatic heterocycles. The molecule has 0 spiro atoms. The summed E-state index contributed by atoms with van der Waals surface area (Å²) in [5.74, 6) is 1.19. The van der Waals surface area contributed by atoms with Gasteiger partial charge in [0.25, 0.3) is 0 Å². The molecule has 1 N–H and O–H groups in total. The Hall–Kier alpha value is -2.37. The van der Waals surface area contributed by atoms with Crippen LogP contribution in [0.3, 0.4) is 0 Å². The highest BCUT2D eigenvalue weighted by Gasteiger charge is 2.04. The number of hydrogen-bond acceptors (Lipinski definition) is 4. The van der Waals surface area contributed by atoms with Crippen LogP contribution in [-0.2, 0) is 14.3 Å². The van der Waals surface area contributed by atoms with Gasteiger partial charge in [0.2, 0.25) is 5.91 Å². The van der Waals surface area contributed by atoms with Gasteiger partial charge >= 0.3 is 0 Å². The van der Waals surface area contributed by atoms with E-state index in [0.717, 1.165) is 5.75 Å². The summed E-state index contributed by atoms with van der Waals surface area (Å²) in [7, 11) is 1.58. The fourth-order valence-electron chi connectivity index (χ4n) is 1.77. The first-order valence-corrected chi connectivity index (χ1v) is 6.97. The van der Waals surface area contributed by atoms with E-state index >= 15 is 0 Å². The van der Waals surface area contributed by atoms with Crippen molar-refractivity contribution in [1.82, 2.24) is 0 Å². The molecule has 5 nitrogen and oxygen atoms in total. The molecule has 116 valence electrons. The summed E-state index contributed by atoms with van der Waals surface area (Å²) < 4.78 is 15.7. The molecular formula is C17H19NO4. The highest BCUT2D eigenvalue weighted by atomic mass is 16.5. The van der Waals surface area contributed by atoms with E-state index in [-0.39, 0.29) is 12.5 Å². The normalized spacial score (nSPS) is 10.2. The summed E-state index contributed by atoms with van der Waals surface area (Å²) >= 11 is 0. The molecule has 0 fully saturated rings. The van der Waals surface area contributed by atoms with Crippen molar-refractivity contribution in [1.29, 1.82) is 0 Å². The molecule has 0 aromatic heterocycles. The molecule has 5 heteroatoms. The molecule has 0 saturated heterocycles. The molecule has 2 aromatic rings. The van der Waals surface area contributed by atoms with E-state index in [9.17, 15) is 4.79 Å². The largest absolute Gasteiger partial charge is 0.457 e. The van der Waals surface area contributed by atoms with Crippen molar-refractivity contribution in [3.63, 3.8) is 0 Å². The molecule has 22 heavy (non-hydrogen) atoms. The molecule has 2 aromatic carbocycles. The van der Waals surface area contributed by atoms with E-state index in [1.54, 1.807) is 19.2 Å². The van der Waals surface area contributed by atoms with E-state index in [0.29, 0.717) is 24.7 Å². The van der Waals surface area contributed by atoms with Crippen LogP contribution in [0.15, 0.2) is 54.6 Å². The Labute approximate surface area is 129 Å². The van der Waals surface area contributed by atoms with Gasteiger partial charge in [-0.05, 0) is 24.3 Å². The van der Waals surface area contributed by atoms with Crippen LogP contribution >= 0.6 is 0 Å². The maximum absolute atomic E-state index is 11.7. The zero-order valence-corrected chi connectivity index (χ0v) is 12.5. The summed E-state index contributed by atoms with van der Waals surface area (Å²) in [5, 5.41) is 2.76. The second-order valence-corrected chi connectivity index (χ2v) is 4.54. The molecule has 0 bridgehead atoms. The van der Waals surface area contributed by atoms with Gasteiger partial charge in [-0.3, -0.25) is 4.79 Å². The number of carbonyl (C=O) groups is 1. The summed E-state index contributed by atoms with van der Waals surface area (Å²) in [4.78, 5) is 11.7. The van der Waals surface area contributed by atoms with E-state index < -0.39 is 0 Å². The fraction of sp³-hybridized carbons (Fsp3) is 0.235. The molecule has 0 aliphatic rings. The highest BCUT2D eigenvalue weighted by Crippen LogP contribution is 2.23. The molecular weight excluding hydrogens is 282 g/mol. The molecule has 0 radical (unpaired) electrons. The third kappa shape index (κ3) is 5.55. The zero-order chi connectivity index (χ0) is 15.6. The van der Waals surface area contributed by atoms with Gasteiger partial charge in [-0.1, -0.05) is 24.3 Å². The Balaban J connectivity index is 1.87. The first-order valence-electron chi connectivity index (χ1n) is 6.97. The highest BCUT2D eigenvalue weighted by molar-refractivity contribution is 5.91. The minimum atomic E-state index is -0.215. The number of anilines is 1. The van der Waals surface area contributed by atoms with Gasteiger partial charge in [-0.25, -0.2) is 0 Å². The average Bonchev–Trinajstić information content (AvgIpc) is 2.53. The predicted molar refractivity (Wildman–Crippen MR) is 84.3 cm³/mol. The maximum atomic E-state index is 11.7. The van der Waals surface area contributed by atoms with Gasteiger partial charge in [-0.2, -0.15) is 0 Å². The number of ether oxygens (including phenoxy) is 3. The van der Waals surface area contributed by atoms with Crippen LogP contribution in [0.2, 0.25) is 0 Å². The summed E-state index contributed by atoms with van der Waals surface area (Å²) in [6.07, 6.45) is 0. The van der Waals surface area contributed by atoms with Crippen molar-refractivity contribution >= 4 is 11.6 Å². The number of methoxy groups -OCH3 is 1. The average molecular weight is 301 g/mol. The lowest BCUT2D eigenvalue weighted by Crippen LogP contribution is -2.19. The Morgan fingerprint density at radius 2 is 1.77 bits per heavy atom. The van der Waals surface area contributed by atoms with Crippen LogP contribution < -0.4 is 10.1 Å². The fourth-order valence-corrected chi connectivity index (χ4v) is 1.77. The first kappa shape index (κ1) is 16.0. The van der Waals surface area contributed by atoms with E-state index in [4.69, 9.17) is 14.2 Å². The monoisotopic (exact) mass is 301 g/mol. The van der Waals surface area contributed by atoms with E-state index in [1.807, 2.05) is 42.5 Å². The minimum absolute atomic E-state index is 0.00682. The number of carbonyl (C=O) groups excluding carboxylic acids is 1. The zero-order valence-electron chi connectivity index (χ0n) is 12.5. The Kier molecular flexibility index (Phi) is 6.41. The minimum Gasteiger partial charge on any atom is -0.457 e. The van der Waals surface area contributed by atoms with Gasteiger partial charge < -0.3 is 19.5 Å². The van der Waals surface area contributed by atoms with Crippen molar-refractivity contribution in [3.05, 3.63) is 54.6 Å². The molecule has 2 rings (SSSR count). The lowest BCUT2D eigenvalue weighted by molar-refractivity contribution is -0.121. The standard InChI is InChI=1S/C17H19NO4/c1-20-10-11-21-13-17(19)18-14-6-5-9-16(12-14)22-15-7-3-2-4-8-15/h2-9,12H,10-11,13H2,1H3,(H,18,19). The van der Waals surface area contributed by atoms with E-state index in [1.165, 1.54) is 0 Å². The lowest BCUT2D eigenvalue weighted by atomic mass is 10.3. The topological polar surface area (TPSA) is 56.8 Å². The molecule has 0 heterocycles. The number of benzene rings is 2. The van der Waals surface area contributed by atoms with Crippen LogP contribution in [0.25, 0.3) is 0 Å². The van der Waals surface area contributed by atoms with Gasteiger partial charge in [-0.15, -0.1) is 0 Å². The van der Waals surface area contributed by atoms with Crippen LogP contribution in [-0.4, -0.2) is 32.8 Å². The molecule has 0 aliphatic carbocycles. The molecule has 0 unspecified atom stereocenters. The number of para-hydroxylation sites is 1. The predicted octanol–water partition coefficient (Wildman–Crippen LogP) is 3.08. The van der Waals surface area contributed by atoms with Crippen molar-refractivity contribution in [2.24, 2.45) is 0 Å². The number of nitrogens with one attached hydrogen (secondary N) is 1. The van der Waals surface area contributed by atoms with E-state index in [2.05, 4.69) is 5.32 Å². The second-order valence-electron chi connectivity index (χ2n) is 4.54. The number of rotatable bonds is 8. The Bertz CT molecular complexity index is 586. The van der Waals surface area contributed by atoms with Gasteiger partial charge in [0.15, 0.2) is 0 Å². The van der Waals surface area contributed by atoms with Crippen molar-refractivity contribution in [3.8, 4) is 11.5 Å². The Morgan fingerprint density at radius 3 is 2.55 bits per heavy atom. The maximum Gasteiger partial charge on any atom is 0.250 e. The van der Waals surface area contributed by atoms with Crippen LogP contribution in [0, 0.1) is 0 Å². The van der Waals surface area contributed by atoms with Crippen molar-refractivity contribution in [2.75, 3.05) is 32.2 Å². The van der Waals surface area contributed by atoms with Crippen molar-refractivity contribution in [2.45, 2.75) is 0 Å². The van der Waals surface area contributed by atoms with Gasteiger partial charge in [0.1, 0.15) is 18.1 Å². The summed E-state index contributed by atoms with van der Waals surface area (Å²) in [6, 6.07) is 16.7. The molecule has 1 amide bonds. The summed E-state index contributed by atoms with van der Waals surface area (Å²) in [5.41, 5.74) is 0.661. The first-order chi connectivity index (χ1) is 10.8. The number of hydrogen-bond donors (Lipinski definition) is 1. The third-order valence-electron chi connectivity index (χ3n) is 2.76. The Morgan fingerprint density at radius 1 is 1.00 bits per heavy atom. The smallest absolute Gasteiger partial charge is 0.250 e. The van der Waals surface area contributed by atoms with Crippen LogP contribution in [0.5, 0.6) is 11.5 Å². The SMILES string of the molecule is COCCOCC(=O)Nc1cccc(Oc2ccccc2)c1. The van der Waals surface area contributed by atoms with Crippen LogP contribution in [0.1, 0.15) is 0 Å². The second kappa shape index (κ2) is 8.81. The van der Waals surface area contributed by atoms with Gasteiger partial charge in [0.05, 0.1) is 13.2 Å². The lowest BCUT2D eigenvalue weighted by Gasteiger charge is -2.09.